The van der Waals surface area contributed by atoms with Crippen molar-refractivity contribution in [2.45, 2.75) is 24.3 Å². The maximum Gasteiger partial charge on any atom is 0.279 e. The molecule has 0 bridgehead atoms. The maximum atomic E-state index is 13.6. The molecule has 3 aromatic rings. The number of nitrogens with zero attached hydrogens (tertiary/aromatic N) is 3. The average molecular weight is 549 g/mol. The maximum absolute atomic E-state index is 13.6. The molecule has 0 aliphatic carbocycles. The Bertz CT molecular complexity index is 1560. The SMILES string of the molecule is CCS(=O)(=O)Nc1ccc(C2=NN(S(=O)(=O)c3cccc(Cl)c3)[C@@H](c3cccc([N+](=O)[O-])c3)C2)cc1. The summed E-state index contributed by atoms with van der Waals surface area (Å²) in [6.45, 7) is 1.52. The molecular weight excluding hydrogens is 528 g/mol. The summed E-state index contributed by atoms with van der Waals surface area (Å²) < 4.78 is 54.2. The first-order valence-electron chi connectivity index (χ1n) is 10.7. The van der Waals surface area contributed by atoms with E-state index in [1.165, 1.54) is 43.3 Å². The molecule has 36 heavy (non-hydrogen) atoms. The molecule has 0 fully saturated rings. The molecule has 10 nitrogen and oxygen atoms in total. The third-order valence-electron chi connectivity index (χ3n) is 5.55. The summed E-state index contributed by atoms with van der Waals surface area (Å²) in [6, 6.07) is 17.0. The van der Waals surface area contributed by atoms with Crippen molar-refractivity contribution >= 4 is 48.7 Å². The number of hydrogen-bond donors (Lipinski definition) is 1. The lowest BCUT2D eigenvalue weighted by atomic mass is 9.99. The number of benzene rings is 3. The number of halogens is 1. The predicted molar refractivity (Wildman–Crippen MR) is 137 cm³/mol. The van der Waals surface area contributed by atoms with Crippen LogP contribution < -0.4 is 4.72 Å². The molecule has 0 aromatic heterocycles. The van der Waals surface area contributed by atoms with Crippen LogP contribution in [0.1, 0.15) is 30.5 Å². The number of anilines is 1. The Labute approximate surface area is 213 Å². The first-order chi connectivity index (χ1) is 17.0. The van der Waals surface area contributed by atoms with Gasteiger partial charge in [-0.1, -0.05) is 41.9 Å². The van der Waals surface area contributed by atoms with Gasteiger partial charge in [-0.15, -0.1) is 0 Å². The van der Waals surface area contributed by atoms with Gasteiger partial charge in [0.05, 0.1) is 27.3 Å². The first-order valence-corrected chi connectivity index (χ1v) is 14.2. The van der Waals surface area contributed by atoms with E-state index < -0.39 is 31.0 Å². The highest BCUT2D eigenvalue weighted by Gasteiger charge is 2.38. The topological polar surface area (TPSA) is 139 Å². The Hall–Kier alpha value is -3.48. The number of hydrogen-bond acceptors (Lipinski definition) is 7. The number of hydrazone groups is 1. The standard InChI is InChI=1S/C23H21ClN4O6S2/c1-2-35(31,32)26-19-11-9-16(10-12-19)22-15-23(17-5-3-7-20(13-17)28(29)30)27(25-22)36(33,34)21-8-4-6-18(24)14-21/h3-14,23,26H,2,15H2,1H3/t23-/m1/s1. The summed E-state index contributed by atoms with van der Waals surface area (Å²) in [5.41, 5.74) is 1.59. The Kier molecular flexibility index (Phi) is 7.03. The molecule has 1 aliphatic rings. The van der Waals surface area contributed by atoms with Gasteiger partial charge in [-0.3, -0.25) is 14.8 Å². The van der Waals surface area contributed by atoms with Gasteiger partial charge >= 0.3 is 0 Å². The highest BCUT2D eigenvalue weighted by atomic mass is 35.5. The number of nitro groups is 1. The van der Waals surface area contributed by atoms with Gasteiger partial charge in [0.2, 0.25) is 10.0 Å². The van der Waals surface area contributed by atoms with E-state index in [1.54, 1.807) is 36.4 Å². The van der Waals surface area contributed by atoms with Gasteiger partial charge in [0, 0.05) is 29.3 Å². The lowest BCUT2D eigenvalue weighted by Crippen LogP contribution is -2.27. The molecule has 1 N–H and O–H groups in total. The van der Waals surface area contributed by atoms with Crippen molar-refractivity contribution in [2.24, 2.45) is 5.10 Å². The third-order valence-corrected chi connectivity index (χ3v) is 8.77. The Morgan fingerprint density at radius 1 is 1.06 bits per heavy atom. The van der Waals surface area contributed by atoms with E-state index in [0.717, 1.165) is 4.41 Å². The molecule has 1 aliphatic heterocycles. The second-order valence-electron chi connectivity index (χ2n) is 7.94. The second-order valence-corrected chi connectivity index (χ2v) is 12.2. The molecule has 0 saturated heterocycles. The summed E-state index contributed by atoms with van der Waals surface area (Å²) in [5.74, 6) is -0.0807. The molecule has 1 heterocycles. The largest absolute Gasteiger partial charge is 0.284 e. The van der Waals surface area contributed by atoms with Crippen LogP contribution in [0.4, 0.5) is 11.4 Å². The molecule has 3 aromatic carbocycles. The van der Waals surface area contributed by atoms with Gasteiger partial charge < -0.3 is 0 Å². The summed E-state index contributed by atoms with van der Waals surface area (Å²) in [5, 5.41) is 16.0. The third kappa shape index (κ3) is 5.35. The summed E-state index contributed by atoms with van der Waals surface area (Å²) in [6.07, 6.45) is 0.140. The van der Waals surface area contributed by atoms with Crippen LogP contribution in [0.3, 0.4) is 0 Å². The number of rotatable bonds is 8. The van der Waals surface area contributed by atoms with Gasteiger partial charge in [-0.2, -0.15) is 17.9 Å². The molecule has 4 rings (SSSR count). The smallest absolute Gasteiger partial charge is 0.279 e. The van der Waals surface area contributed by atoms with Gasteiger partial charge in [0.15, 0.2) is 0 Å². The van der Waals surface area contributed by atoms with Crippen molar-refractivity contribution in [3.8, 4) is 0 Å². The van der Waals surface area contributed by atoms with E-state index in [1.807, 2.05) is 0 Å². The fourth-order valence-corrected chi connectivity index (χ4v) is 6.07. The Morgan fingerprint density at radius 3 is 2.39 bits per heavy atom. The predicted octanol–water partition coefficient (Wildman–Crippen LogP) is 4.55. The van der Waals surface area contributed by atoms with Crippen LogP contribution >= 0.6 is 11.6 Å². The van der Waals surface area contributed by atoms with Gasteiger partial charge in [0.25, 0.3) is 15.7 Å². The van der Waals surface area contributed by atoms with E-state index in [9.17, 15) is 26.9 Å². The lowest BCUT2D eigenvalue weighted by molar-refractivity contribution is -0.384. The monoisotopic (exact) mass is 548 g/mol. The quantitative estimate of drug-likeness (QED) is 0.323. The van der Waals surface area contributed by atoms with Crippen LogP contribution in [-0.4, -0.2) is 37.6 Å². The molecule has 0 spiro atoms. The fraction of sp³-hybridized carbons (Fsp3) is 0.174. The van der Waals surface area contributed by atoms with Crippen molar-refractivity contribution in [3.05, 3.63) is 99.1 Å². The van der Waals surface area contributed by atoms with Crippen LogP contribution in [0, 0.1) is 10.1 Å². The van der Waals surface area contributed by atoms with Crippen LogP contribution in [0.5, 0.6) is 0 Å². The minimum Gasteiger partial charge on any atom is -0.284 e. The summed E-state index contributed by atoms with van der Waals surface area (Å²) in [7, 11) is -7.62. The van der Waals surface area contributed by atoms with Crippen LogP contribution in [0.2, 0.25) is 5.02 Å². The Balaban J connectivity index is 1.75. The van der Waals surface area contributed by atoms with Crippen molar-refractivity contribution in [1.82, 2.24) is 4.41 Å². The zero-order chi connectivity index (χ0) is 26.1. The van der Waals surface area contributed by atoms with E-state index >= 15 is 0 Å². The van der Waals surface area contributed by atoms with E-state index in [-0.39, 0.29) is 27.8 Å². The van der Waals surface area contributed by atoms with Crippen molar-refractivity contribution in [1.29, 1.82) is 0 Å². The minimum atomic E-state index is -4.17. The van der Waals surface area contributed by atoms with Crippen molar-refractivity contribution in [3.63, 3.8) is 0 Å². The molecular formula is C23H21ClN4O6S2. The molecule has 188 valence electrons. The van der Waals surface area contributed by atoms with Gasteiger partial charge in [0.1, 0.15) is 0 Å². The zero-order valence-corrected chi connectivity index (χ0v) is 21.3. The Morgan fingerprint density at radius 2 is 1.75 bits per heavy atom. The molecule has 0 saturated carbocycles. The average Bonchev–Trinajstić information content (AvgIpc) is 3.31. The normalized spacial score (nSPS) is 16.0. The molecule has 0 radical (unpaired) electrons. The van der Waals surface area contributed by atoms with Crippen LogP contribution in [0.15, 0.2) is 82.8 Å². The fourth-order valence-electron chi connectivity index (χ4n) is 3.70. The van der Waals surface area contributed by atoms with Gasteiger partial charge in [-0.25, -0.2) is 8.42 Å². The highest BCUT2D eigenvalue weighted by Crippen LogP contribution is 2.38. The second kappa shape index (κ2) is 9.88. The van der Waals surface area contributed by atoms with E-state index in [4.69, 9.17) is 11.6 Å². The molecule has 0 amide bonds. The number of sulfonamides is 2. The minimum absolute atomic E-state index is 0.0697. The van der Waals surface area contributed by atoms with Crippen LogP contribution in [0.25, 0.3) is 0 Å². The summed E-state index contributed by atoms with van der Waals surface area (Å²) >= 11 is 6.02. The van der Waals surface area contributed by atoms with Crippen molar-refractivity contribution < 1.29 is 21.8 Å². The van der Waals surface area contributed by atoms with Crippen molar-refractivity contribution in [2.75, 3.05) is 10.5 Å². The van der Waals surface area contributed by atoms with Crippen LogP contribution in [-0.2, 0) is 20.0 Å². The van der Waals surface area contributed by atoms with E-state index in [2.05, 4.69) is 9.82 Å². The van der Waals surface area contributed by atoms with E-state index in [0.29, 0.717) is 22.5 Å². The molecule has 0 unspecified atom stereocenters. The number of nitro benzene ring substituents is 1. The lowest BCUT2D eigenvalue weighted by Gasteiger charge is -2.23. The zero-order valence-electron chi connectivity index (χ0n) is 18.9. The number of non-ortho nitro benzene ring substituents is 1. The summed E-state index contributed by atoms with van der Waals surface area (Å²) in [4.78, 5) is 10.7. The molecule has 1 atom stereocenters. The number of nitrogens with one attached hydrogen (secondary N) is 1. The first kappa shape index (κ1) is 25.6. The van der Waals surface area contributed by atoms with Gasteiger partial charge in [-0.05, 0) is 48.4 Å². The molecule has 13 heteroatoms. The highest BCUT2D eigenvalue weighted by molar-refractivity contribution is 7.92.